The summed E-state index contributed by atoms with van der Waals surface area (Å²) in [6.45, 7) is 10.3. The fourth-order valence-electron chi connectivity index (χ4n) is 2.10. The Hall–Kier alpha value is -1.39. The maximum atomic E-state index is 5.84. The minimum absolute atomic E-state index is 0.154. The Morgan fingerprint density at radius 1 is 1.32 bits per heavy atom. The third kappa shape index (κ3) is 3.14. The Bertz CT molecular complexity index is 567. The molecule has 0 atom stereocenters. The number of imidazole rings is 1. The van der Waals surface area contributed by atoms with Gasteiger partial charge in [0.25, 0.3) is 0 Å². The van der Waals surface area contributed by atoms with Gasteiger partial charge in [-0.05, 0) is 45.4 Å². The van der Waals surface area contributed by atoms with Crippen LogP contribution in [-0.4, -0.2) is 15.2 Å². The van der Waals surface area contributed by atoms with Crippen molar-refractivity contribution in [2.45, 2.75) is 53.0 Å². The number of aryl methyl sites for hydroxylation is 1. The molecule has 0 bridgehead atoms. The molecule has 1 aromatic heterocycles. The van der Waals surface area contributed by atoms with E-state index in [9.17, 15) is 0 Å². The van der Waals surface area contributed by atoms with Crippen molar-refractivity contribution in [3.8, 4) is 0 Å². The molecule has 104 valence electrons. The van der Waals surface area contributed by atoms with E-state index < -0.39 is 0 Å². The topological polar surface area (TPSA) is 53.1 Å². The number of aromatic nitrogens is 2. The first-order chi connectivity index (χ1) is 8.94. The van der Waals surface area contributed by atoms with Crippen LogP contribution in [0.4, 0.5) is 0 Å². The van der Waals surface area contributed by atoms with Gasteiger partial charge in [0.05, 0.1) is 16.6 Å². The number of hydrogen-bond acceptors (Lipinski definition) is 3. The number of nitrogens with two attached hydrogens (primary N) is 1. The summed E-state index contributed by atoms with van der Waals surface area (Å²) in [4.78, 5) is 4.68. The second-order valence-electron chi connectivity index (χ2n) is 5.70. The Kier molecular flexibility index (Phi) is 3.92. The van der Waals surface area contributed by atoms with Gasteiger partial charge in [0.1, 0.15) is 12.4 Å². The molecular weight excluding hydrogens is 238 g/mol. The highest BCUT2D eigenvalue weighted by molar-refractivity contribution is 5.76. The first-order valence-corrected chi connectivity index (χ1v) is 6.76. The van der Waals surface area contributed by atoms with Crippen LogP contribution >= 0.6 is 0 Å². The van der Waals surface area contributed by atoms with Gasteiger partial charge in [-0.25, -0.2) is 4.98 Å². The molecular formula is C15H23N3O. The van der Waals surface area contributed by atoms with E-state index in [1.165, 1.54) is 0 Å². The van der Waals surface area contributed by atoms with Crippen LogP contribution in [0.2, 0.25) is 0 Å². The summed E-state index contributed by atoms with van der Waals surface area (Å²) >= 11 is 0. The minimum atomic E-state index is -0.154. The fourth-order valence-corrected chi connectivity index (χ4v) is 2.10. The number of fused-ring (bicyclic) bond motifs is 1. The third-order valence-corrected chi connectivity index (χ3v) is 3.08. The van der Waals surface area contributed by atoms with E-state index in [2.05, 4.69) is 55.4 Å². The van der Waals surface area contributed by atoms with Crippen molar-refractivity contribution in [3.05, 3.63) is 29.6 Å². The van der Waals surface area contributed by atoms with E-state index in [0.717, 1.165) is 29.0 Å². The van der Waals surface area contributed by atoms with Gasteiger partial charge in [-0.1, -0.05) is 6.07 Å². The number of ether oxygens (including phenoxy) is 1. The zero-order chi connectivity index (χ0) is 14.0. The van der Waals surface area contributed by atoms with Crippen LogP contribution < -0.4 is 5.73 Å². The van der Waals surface area contributed by atoms with Gasteiger partial charge >= 0.3 is 0 Å². The van der Waals surface area contributed by atoms with Crippen molar-refractivity contribution in [1.82, 2.24) is 9.55 Å². The largest absolute Gasteiger partial charge is 0.368 e. The summed E-state index contributed by atoms with van der Waals surface area (Å²) in [5.41, 5.74) is 8.77. The molecule has 2 N–H and O–H groups in total. The maximum absolute atomic E-state index is 5.84. The number of nitrogens with zero attached hydrogens (tertiary/aromatic N) is 2. The van der Waals surface area contributed by atoms with Crippen LogP contribution in [0.1, 0.15) is 39.1 Å². The Balaban J connectivity index is 2.37. The molecule has 1 aromatic carbocycles. The molecule has 0 amide bonds. The summed E-state index contributed by atoms with van der Waals surface area (Å²) in [7, 11) is 0. The van der Waals surface area contributed by atoms with Crippen molar-refractivity contribution in [2.75, 3.05) is 0 Å². The molecule has 0 fully saturated rings. The van der Waals surface area contributed by atoms with Gasteiger partial charge in [0.15, 0.2) is 0 Å². The molecule has 2 rings (SSSR count). The molecule has 4 nitrogen and oxygen atoms in total. The quantitative estimate of drug-likeness (QED) is 0.920. The third-order valence-electron chi connectivity index (χ3n) is 3.08. The predicted molar refractivity (Wildman–Crippen MR) is 77.8 cm³/mol. The monoisotopic (exact) mass is 261 g/mol. The Morgan fingerprint density at radius 2 is 2.05 bits per heavy atom. The van der Waals surface area contributed by atoms with Crippen LogP contribution in [-0.2, 0) is 24.4 Å². The maximum Gasteiger partial charge on any atom is 0.136 e. The van der Waals surface area contributed by atoms with Gasteiger partial charge < -0.3 is 15.0 Å². The lowest BCUT2D eigenvalue weighted by atomic mass is 10.2. The molecule has 1 heterocycles. The number of benzene rings is 1. The molecule has 0 aliphatic carbocycles. The molecule has 0 aliphatic heterocycles. The highest BCUT2D eigenvalue weighted by Crippen LogP contribution is 2.20. The van der Waals surface area contributed by atoms with Gasteiger partial charge in [0, 0.05) is 13.1 Å². The van der Waals surface area contributed by atoms with Crippen molar-refractivity contribution in [3.63, 3.8) is 0 Å². The van der Waals surface area contributed by atoms with E-state index in [4.69, 9.17) is 10.5 Å². The molecule has 0 saturated heterocycles. The molecule has 0 radical (unpaired) electrons. The van der Waals surface area contributed by atoms with Crippen LogP contribution in [0, 0.1) is 0 Å². The zero-order valence-electron chi connectivity index (χ0n) is 12.2. The standard InChI is InChI=1S/C15H23N3O/c1-5-18-13-7-6-11(9-16)8-12(13)17-14(18)10-19-15(2,3)4/h6-8H,5,9-10,16H2,1-4H3. The van der Waals surface area contributed by atoms with E-state index >= 15 is 0 Å². The molecule has 0 aliphatic rings. The summed E-state index contributed by atoms with van der Waals surface area (Å²) in [6.07, 6.45) is 0. The molecule has 0 saturated carbocycles. The number of hydrogen-bond donors (Lipinski definition) is 1. The summed E-state index contributed by atoms with van der Waals surface area (Å²) < 4.78 is 8.03. The molecule has 4 heteroatoms. The lowest BCUT2D eigenvalue weighted by Gasteiger charge is -2.19. The average Bonchev–Trinajstić information content (AvgIpc) is 2.71. The van der Waals surface area contributed by atoms with Gasteiger partial charge in [0.2, 0.25) is 0 Å². The summed E-state index contributed by atoms with van der Waals surface area (Å²) in [6, 6.07) is 6.21. The average molecular weight is 261 g/mol. The van der Waals surface area contributed by atoms with Gasteiger partial charge in [-0.15, -0.1) is 0 Å². The second kappa shape index (κ2) is 5.31. The molecule has 2 aromatic rings. The Labute approximate surface area is 114 Å². The highest BCUT2D eigenvalue weighted by Gasteiger charge is 2.15. The lowest BCUT2D eigenvalue weighted by molar-refractivity contribution is -0.0190. The fraction of sp³-hybridized carbons (Fsp3) is 0.533. The van der Waals surface area contributed by atoms with Crippen LogP contribution in [0.15, 0.2) is 18.2 Å². The predicted octanol–water partition coefficient (Wildman–Crippen LogP) is 2.83. The normalized spacial score (nSPS) is 12.3. The first kappa shape index (κ1) is 14.0. The SMILES string of the molecule is CCn1c(COC(C)(C)C)nc2cc(CN)ccc21. The van der Waals surface area contributed by atoms with E-state index in [-0.39, 0.29) is 5.60 Å². The lowest BCUT2D eigenvalue weighted by Crippen LogP contribution is -2.20. The van der Waals surface area contributed by atoms with Crippen molar-refractivity contribution in [1.29, 1.82) is 0 Å². The first-order valence-electron chi connectivity index (χ1n) is 6.76. The molecule has 0 spiro atoms. The zero-order valence-corrected chi connectivity index (χ0v) is 12.2. The van der Waals surface area contributed by atoms with Crippen LogP contribution in [0.5, 0.6) is 0 Å². The second-order valence-corrected chi connectivity index (χ2v) is 5.70. The van der Waals surface area contributed by atoms with E-state index in [0.29, 0.717) is 13.2 Å². The van der Waals surface area contributed by atoms with Crippen LogP contribution in [0.25, 0.3) is 11.0 Å². The highest BCUT2D eigenvalue weighted by atomic mass is 16.5. The van der Waals surface area contributed by atoms with Gasteiger partial charge in [-0.2, -0.15) is 0 Å². The van der Waals surface area contributed by atoms with Gasteiger partial charge in [-0.3, -0.25) is 0 Å². The molecule has 0 unspecified atom stereocenters. The number of rotatable bonds is 4. The molecule has 19 heavy (non-hydrogen) atoms. The van der Waals surface area contributed by atoms with Crippen molar-refractivity contribution >= 4 is 11.0 Å². The van der Waals surface area contributed by atoms with E-state index in [1.54, 1.807) is 0 Å². The van der Waals surface area contributed by atoms with E-state index in [1.807, 2.05) is 0 Å². The summed E-state index contributed by atoms with van der Waals surface area (Å²) in [5.74, 6) is 0.974. The summed E-state index contributed by atoms with van der Waals surface area (Å²) in [5, 5.41) is 0. The minimum Gasteiger partial charge on any atom is -0.368 e. The Morgan fingerprint density at radius 3 is 2.63 bits per heavy atom. The van der Waals surface area contributed by atoms with Crippen molar-refractivity contribution in [2.24, 2.45) is 5.73 Å². The van der Waals surface area contributed by atoms with Crippen molar-refractivity contribution < 1.29 is 4.74 Å². The smallest absolute Gasteiger partial charge is 0.136 e. The van der Waals surface area contributed by atoms with Crippen LogP contribution in [0.3, 0.4) is 0 Å².